The van der Waals surface area contributed by atoms with Gasteiger partial charge in [-0.3, -0.25) is 4.79 Å². The van der Waals surface area contributed by atoms with Crippen LogP contribution in [0.4, 0.5) is 17.6 Å². The van der Waals surface area contributed by atoms with Gasteiger partial charge in [0.1, 0.15) is 22.9 Å². The summed E-state index contributed by atoms with van der Waals surface area (Å²) in [6.45, 7) is 2.08. The van der Waals surface area contributed by atoms with E-state index in [0.717, 1.165) is 0 Å². The number of amides is 1. The number of hydrogen-bond acceptors (Lipinski definition) is 4. The van der Waals surface area contributed by atoms with Gasteiger partial charge in [-0.25, -0.2) is 8.78 Å². The van der Waals surface area contributed by atoms with E-state index in [0.29, 0.717) is 29.2 Å². The zero-order chi connectivity index (χ0) is 21.7. The molecule has 1 amide bonds. The van der Waals surface area contributed by atoms with E-state index in [-0.39, 0.29) is 6.10 Å². The summed E-state index contributed by atoms with van der Waals surface area (Å²) in [6, 6.07) is 5.38. The summed E-state index contributed by atoms with van der Waals surface area (Å²) in [7, 11) is 1.46. The van der Waals surface area contributed by atoms with E-state index < -0.39 is 41.5 Å². The zero-order valence-corrected chi connectivity index (χ0v) is 16.3. The molecule has 2 aromatic rings. The van der Waals surface area contributed by atoms with E-state index in [4.69, 9.17) is 9.47 Å². The number of alkyl halides is 2. The molecule has 29 heavy (non-hydrogen) atoms. The molecule has 0 fully saturated rings. The second-order valence-electron chi connectivity index (χ2n) is 6.41. The van der Waals surface area contributed by atoms with Gasteiger partial charge >= 0.3 is 6.61 Å². The number of benzene rings is 2. The van der Waals surface area contributed by atoms with Crippen LogP contribution in [0.5, 0.6) is 17.2 Å². The Morgan fingerprint density at radius 2 is 1.59 bits per heavy atom. The monoisotopic (exact) mass is 415 g/mol. The van der Waals surface area contributed by atoms with E-state index in [1.807, 2.05) is 13.8 Å². The fourth-order valence-electron chi connectivity index (χ4n) is 2.59. The average molecular weight is 415 g/mol. The van der Waals surface area contributed by atoms with Gasteiger partial charge in [0.25, 0.3) is 5.91 Å². The molecule has 0 radical (unpaired) electrons. The minimum Gasteiger partial charge on any atom is -0.493 e. The van der Waals surface area contributed by atoms with Crippen molar-refractivity contribution in [1.82, 2.24) is 5.32 Å². The summed E-state index contributed by atoms with van der Waals surface area (Å²) in [6.07, 6.45) is -0.0742. The Labute approximate surface area is 165 Å². The van der Waals surface area contributed by atoms with Crippen LogP contribution in [0.2, 0.25) is 0 Å². The second-order valence-corrected chi connectivity index (χ2v) is 6.41. The molecule has 158 valence electrons. The number of ether oxygens (including phenoxy) is 3. The fourth-order valence-corrected chi connectivity index (χ4v) is 2.59. The molecule has 0 saturated heterocycles. The van der Waals surface area contributed by atoms with Crippen LogP contribution in [0, 0.1) is 11.6 Å². The minimum atomic E-state index is -3.24. The normalized spacial score (nSPS) is 12.1. The number of nitrogens with one attached hydrogen (secondary N) is 1. The topological polar surface area (TPSA) is 56.8 Å². The van der Waals surface area contributed by atoms with Gasteiger partial charge in [0.05, 0.1) is 19.3 Å². The van der Waals surface area contributed by atoms with Gasteiger partial charge in [-0.05, 0) is 38.5 Å². The quantitative estimate of drug-likeness (QED) is 0.626. The second kappa shape index (κ2) is 9.49. The van der Waals surface area contributed by atoms with Crippen molar-refractivity contribution in [3.63, 3.8) is 0 Å². The van der Waals surface area contributed by atoms with Crippen molar-refractivity contribution in [1.29, 1.82) is 0 Å². The maximum Gasteiger partial charge on any atom is 0.387 e. The first-order chi connectivity index (χ1) is 13.6. The maximum atomic E-state index is 14.1. The van der Waals surface area contributed by atoms with Crippen LogP contribution in [-0.4, -0.2) is 25.7 Å². The summed E-state index contributed by atoms with van der Waals surface area (Å²) in [5.41, 5.74) is -0.296. The minimum absolute atomic E-state index is 0.0742. The maximum absolute atomic E-state index is 14.1. The predicted molar refractivity (Wildman–Crippen MR) is 97.6 cm³/mol. The third-order valence-electron chi connectivity index (χ3n) is 3.87. The van der Waals surface area contributed by atoms with Crippen molar-refractivity contribution < 1.29 is 36.6 Å². The van der Waals surface area contributed by atoms with Crippen LogP contribution in [0.1, 0.15) is 42.7 Å². The molecule has 0 aromatic heterocycles. The Morgan fingerprint density at radius 1 is 0.966 bits per heavy atom. The molecule has 0 bridgehead atoms. The predicted octanol–water partition coefficient (Wildman–Crippen LogP) is 4.85. The molecule has 0 aliphatic carbocycles. The first-order valence-electron chi connectivity index (χ1n) is 8.71. The first kappa shape index (κ1) is 22.3. The molecule has 5 nitrogen and oxygen atoms in total. The number of methoxy groups -OCH3 is 1. The molecule has 0 spiro atoms. The van der Waals surface area contributed by atoms with Crippen molar-refractivity contribution in [2.75, 3.05) is 7.11 Å². The summed E-state index contributed by atoms with van der Waals surface area (Å²) in [5, 5.41) is 2.46. The summed E-state index contributed by atoms with van der Waals surface area (Å²) >= 11 is 0. The molecule has 1 atom stereocenters. The Morgan fingerprint density at radius 3 is 2.10 bits per heavy atom. The average Bonchev–Trinajstić information content (AvgIpc) is 2.60. The van der Waals surface area contributed by atoms with Crippen molar-refractivity contribution >= 4 is 5.91 Å². The Hall–Kier alpha value is -2.97. The first-order valence-corrected chi connectivity index (χ1v) is 8.71. The van der Waals surface area contributed by atoms with Gasteiger partial charge < -0.3 is 19.5 Å². The molecule has 0 aliphatic rings. The highest BCUT2D eigenvalue weighted by molar-refractivity contribution is 5.95. The van der Waals surface area contributed by atoms with Crippen LogP contribution in [0.15, 0.2) is 30.3 Å². The lowest BCUT2D eigenvalue weighted by Crippen LogP contribution is -2.28. The van der Waals surface area contributed by atoms with E-state index in [1.54, 1.807) is 25.1 Å². The van der Waals surface area contributed by atoms with E-state index in [9.17, 15) is 22.4 Å². The van der Waals surface area contributed by atoms with Crippen molar-refractivity contribution in [2.45, 2.75) is 39.5 Å². The molecular formula is C20H21F4NO4. The van der Waals surface area contributed by atoms with Gasteiger partial charge in [-0.1, -0.05) is 6.07 Å². The van der Waals surface area contributed by atoms with Gasteiger partial charge in [0, 0.05) is 12.1 Å². The number of rotatable bonds is 8. The molecule has 0 saturated carbocycles. The van der Waals surface area contributed by atoms with E-state index >= 15 is 0 Å². The van der Waals surface area contributed by atoms with E-state index in [1.165, 1.54) is 7.11 Å². The van der Waals surface area contributed by atoms with Crippen molar-refractivity contribution in [2.24, 2.45) is 0 Å². The number of carbonyl (C=O) groups is 1. The third kappa shape index (κ3) is 5.75. The Balaban J connectivity index is 2.20. The van der Waals surface area contributed by atoms with Crippen LogP contribution < -0.4 is 19.5 Å². The lowest BCUT2D eigenvalue weighted by molar-refractivity contribution is -0.0501. The SMILES string of the molecule is COc1cc(C(C)NC(=O)c2c(F)cc(OC(F)F)cc2F)ccc1OC(C)C. The Kier molecular flexibility index (Phi) is 7.30. The molecule has 0 aliphatic heterocycles. The smallest absolute Gasteiger partial charge is 0.387 e. The van der Waals surface area contributed by atoms with Crippen LogP contribution in [0.3, 0.4) is 0 Å². The van der Waals surface area contributed by atoms with Crippen LogP contribution in [-0.2, 0) is 0 Å². The molecule has 9 heteroatoms. The highest BCUT2D eigenvalue weighted by Crippen LogP contribution is 2.31. The molecule has 1 N–H and O–H groups in total. The third-order valence-corrected chi connectivity index (χ3v) is 3.87. The number of hydrogen-bond donors (Lipinski definition) is 1. The molecule has 2 aromatic carbocycles. The summed E-state index contributed by atoms with van der Waals surface area (Å²) in [5.74, 6) is -3.45. The Bertz CT molecular complexity index is 851. The fraction of sp³-hybridized carbons (Fsp3) is 0.350. The van der Waals surface area contributed by atoms with Gasteiger partial charge in [-0.15, -0.1) is 0 Å². The molecule has 1 unspecified atom stereocenters. The lowest BCUT2D eigenvalue weighted by atomic mass is 10.1. The standard InChI is InChI=1S/C20H21F4NO4/c1-10(2)28-16-6-5-12(7-17(16)27-4)11(3)25-19(26)18-14(21)8-13(9-15(18)22)29-20(23)24/h5-11,20H,1-4H3,(H,25,26). The highest BCUT2D eigenvalue weighted by atomic mass is 19.3. The van der Waals surface area contributed by atoms with Crippen molar-refractivity contribution in [3.05, 3.63) is 53.1 Å². The molecular weight excluding hydrogens is 394 g/mol. The summed E-state index contributed by atoms with van der Waals surface area (Å²) < 4.78 is 67.4. The number of halogens is 4. The lowest BCUT2D eigenvalue weighted by Gasteiger charge is -2.18. The van der Waals surface area contributed by atoms with Gasteiger partial charge in [0.15, 0.2) is 11.5 Å². The highest BCUT2D eigenvalue weighted by Gasteiger charge is 2.22. The van der Waals surface area contributed by atoms with E-state index in [2.05, 4.69) is 10.1 Å². The summed E-state index contributed by atoms with van der Waals surface area (Å²) in [4.78, 5) is 12.3. The number of carbonyl (C=O) groups excluding carboxylic acids is 1. The van der Waals surface area contributed by atoms with Gasteiger partial charge in [-0.2, -0.15) is 8.78 Å². The van der Waals surface area contributed by atoms with Crippen LogP contribution in [0.25, 0.3) is 0 Å². The largest absolute Gasteiger partial charge is 0.493 e. The molecule has 2 rings (SSSR count). The van der Waals surface area contributed by atoms with Crippen molar-refractivity contribution in [3.8, 4) is 17.2 Å². The van der Waals surface area contributed by atoms with Gasteiger partial charge in [0.2, 0.25) is 0 Å². The zero-order valence-electron chi connectivity index (χ0n) is 16.3. The molecule has 0 heterocycles. The van der Waals surface area contributed by atoms with Crippen LogP contribution >= 0.6 is 0 Å².